The molecule has 0 heterocycles. The largest absolute Gasteiger partial charge is 0.288 e. The second-order valence-corrected chi connectivity index (χ2v) is 7.27. The minimum Gasteiger partial charge on any atom is -0.288 e. The number of carbonyl (C=O) groups is 4. The molecule has 4 rings (SSSR count). The van der Waals surface area contributed by atoms with E-state index in [1.165, 1.54) is 24.3 Å². The highest BCUT2D eigenvalue weighted by Gasteiger charge is 2.21. The zero-order valence-corrected chi connectivity index (χ0v) is 20.0. The highest BCUT2D eigenvalue weighted by molar-refractivity contribution is 6.09. The summed E-state index contributed by atoms with van der Waals surface area (Å²) in [5.41, 5.74) is 4.49. The van der Waals surface area contributed by atoms with Crippen LogP contribution in [-0.2, 0) is 0 Å². The third kappa shape index (κ3) is 9.13. The summed E-state index contributed by atoms with van der Waals surface area (Å²) in [5, 5.41) is 26.1. The lowest BCUT2D eigenvalue weighted by Gasteiger charge is -2.12. The molecule has 4 amide bonds. The first-order valence-electron chi connectivity index (χ1n) is 11.1. The molecule has 0 aliphatic rings. The molecule has 4 aromatic carbocycles. The predicted molar refractivity (Wildman–Crippen MR) is 137 cm³/mol. The quantitative estimate of drug-likeness (QED) is 0.156. The summed E-state index contributed by atoms with van der Waals surface area (Å²) >= 11 is 0. The fourth-order valence-electron chi connectivity index (χ4n) is 2.81. The normalized spacial score (nSPS) is 9.34. The van der Waals surface area contributed by atoms with Crippen molar-refractivity contribution in [2.45, 2.75) is 0 Å². The molecule has 0 bridgehead atoms. The highest BCUT2D eigenvalue weighted by atomic mass is 16.5. The Kier molecular flexibility index (Phi) is 12.1. The van der Waals surface area contributed by atoms with E-state index in [-0.39, 0.29) is 16.2 Å². The Morgan fingerprint density at radius 2 is 0.684 bits per heavy atom. The van der Waals surface area contributed by atoms with E-state index < -0.39 is 23.6 Å². The number of carbonyl (C=O) groups excluding carboxylic acids is 4. The van der Waals surface area contributed by atoms with Crippen LogP contribution in [0.2, 0.25) is 0 Å². The van der Waals surface area contributed by atoms with E-state index in [4.69, 9.17) is 10.4 Å². The number of benzene rings is 4. The zero-order valence-electron chi connectivity index (χ0n) is 20.0. The van der Waals surface area contributed by atoms with Gasteiger partial charge in [-0.2, -0.15) is 0 Å². The van der Waals surface area contributed by atoms with Crippen molar-refractivity contribution in [3.8, 4) is 0 Å². The molecule has 0 fully saturated rings. The van der Waals surface area contributed by atoms with Gasteiger partial charge in [0.2, 0.25) is 0 Å². The second-order valence-electron chi connectivity index (χ2n) is 7.27. The average Bonchev–Trinajstić information content (AvgIpc) is 3.01. The van der Waals surface area contributed by atoms with Gasteiger partial charge in [-0.3, -0.25) is 34.8 Å². The third-order valence-corrected chi connectivity index (χ3v) is 4.70. The molecule has 0 saturated carbocycles. The molecule has 194 valence electrons. The summed E-state index contributed by atoms with van der Waals surface area (Å²) in [5.74, 6) is -2.46. The van der Waals surface area contributed by atoms with Crippen LogP contribution in [0.4, 0.5) is 0 Å². The van der Waals surface area contributed by atoms with Gasteiger partial charge in [0.05, 0.1) is 0 Å². The first kappa shape index (κ1) is 29.1. The fourth-order valence-corrected chi connectivity index (χ4v) is 2.81. The van der Waals surface area contributed by atoms with Crippen molar-refractivity contribution in [3.63, 3.8) is 0 Å². The van der Waals surface area contributed by atoms with Gasteiger partial charge in [-0.25, -0.2) is 11.0 Å². The van der Waals surface area contributed by atoms with Gasteiger partial charge in [0.1, 0.15) is 0 Å². The van der Waals surface area contributed by atoms with E-state index in [2.05, 4.69) is 0 Å². The standard InChI is InChI=1S/C14H11NO3.2C7H7NO2/c16-13(11-7-3-1-4-8-11)15(18)14(17)12-9-5-2-6-10-12;2*9-7(8-10)6-4-2-1-3-5-6/h1-10,18H;2*1-5,10H,(H,8,9). The van der Waals surface area contributed by atoms with Crippen LogP contribution in [0.25, 0.3) is 0 Å². The smallest absolute Gasteiger partial charge is 0.284 e. The fraction of sp³-hybridized carbons (Fsp3) is 0. The second kappa shape index (κ2) is 15.8. The van der Waals surface area contributed by atoms with Crippen molar-refractivity contribution in [1.82, 2.24) is 16.0 Å². The van der Waals surface area contributed by atoms with E-state index in [0.717, 1.165) is 0 Å². The Hall–Kier alpha value is -5.16. The molecule has 0 aromatic heterocycles. The number of hydroxylamine groups is 4. The molecule has 0 saturated heterocycles. The number of rotatable bonds is 4. The van der Waals surface area contributed by atoms with Gasteiger partial charge < -0.3 is 0 Å². The Bertz CT molecular complexity index is 1200. The lowest BCUT2D eigenvalue weighted by atomic mass is 10.2. The number of hydrogen-bond donors (Lipinski definition) is 5. The van der Waals surface area contributed by atoms with E-state index in [0.29, 0.717) is 11.1 Å². The Morgan fingerprint density at radius 3 is 0.921 bits per heavy atom. The number of amides is 4. The van der Waals surface area contributed by atoms with Crippen LogP contribution in [0.1, 0.15) is 41.4 Å². The van der Waals surface area contributed by atoms with Crippen LogP contribution in [0, 0.1) is 0 Å². The molecule has 10 nitrogen and oxygen atoms in total. The van der Waals surface area contributed by atoms with Gasteiger partial charge in [0, 0.05) is 22.3 Å². The number of nitrogens with one attached hydrogen (secondary N) is 2. The number of nitrogens with zero attached hydrogens (tertiary/aromatic N) is 1. The molecular formula is C28H25N3O7. The van der Waals surface area contributed by atoms with Crippen molar-refractivity contribution < 1.29 is 34.8 Å². The minimum atomic E-state index is -0.746. The highest BCUT2D eigenvalue weighted by Crippen LogP contribution is 2.08. The molecule has 0 aliphatic carbocycles. The molecule has 0 atom stereocenters. The van der Waals surface area contributed by atoms with Gasteiger partial charge in [-0.05, 0) is 48.5 Å². The van der Waals surface area contributed by atoms with Gasteiger partial charge in [-0.15, -0.1) is 5.06 Å². The topological polar surface area (TPSA) is 156 Å². The third-order valence-electron chi connectivity index (χ3n) is 4.70. The molecule has 5 N–H and O–H groups in total. The summed E-state index contributed by atoms with van der Waals surface area (Å²) in [4.78, 5) is 44.9. The molecule has 0 unspecified atom stereocenters. The average molecular weight is 516 g/mol. The van der Waals surface area contributed by atoms with Crippen LogP contribution in [-0.4, -0.2) is 44.3 Å². The first-order chi connectivity index (χ1) is 18.4. The molecule has 0 radical (unpaired) electrons. The van der Waals surface area contributed by atoms with Gasteiger partial charge >= 0.3 is 0 Å². The predicted octanol–water partition coefficient (Wildman–Crippen LogP) is 3.97. The minimum absolute atomic E-state index is 0.130. The molecule has 38 heavy (non-hydrogen) atoms. The van der Waals surface area contributed by atoms with Crippen LogP contribution >= 0.6 is 0 Å². The van der Waals surface area contributed by atoms with Crippen LogP contribution in [0.5, 0.6) is 0 Å². The lowest BCUT2D eigenvalue weighted by Crippen LogP contribution is -2.33. The van der Waals surface area contributed by atoms with Gasteiger partial charge in [-0.1, -0.05) is 72.8 Å². The molecular weight excluding hydrogens is 490 g/mol. The maximum absolute atomic E-state index is 11.8. The van der Waals surface area contributed by atoms with Crippen molar-refractivity contribution in [2.24, 2.45) is 0 Å². The maximum atomic E-state index is 11.8. The van der Waals surface area contributed by atoms with Crippen molar-refractivity contribution in [3.05, 3.63) is 144 Å². The van der Waals surface area contributed by atoms with Crippen LogP contribution < -0.4 is 11.0 Å². The summed E-state index contributed by atoms with van der Waals surface area (Å²) in [6.07, 6.45) is 0. The summed E-state index contributed by atoms with van der Waals surface area (Å²) in [6.45, 7) is 0. The van der Waals surface area contributed by atoms with Gasteiger partial charge in [0.15, 0.2) is 0 Å². The summed E-state index contributed by atoms with van der Waals surface area (Å²) in [7, 11) is 0. The van der Waals surface area contributed by atoms with E-state index in [1.54, 1.807) is 108 Å². The zero-order chi connectivity index (χ0) is 27.8. The first-order valence-corrected chi connectivity index (χ1v) is 11.1. The Balaban J connectivity index is 0.000000216. The summed E-state index contributed by atoms with van der Waals surface area (Å²) in [6, 6.07) is 33.2. The molecule has 0 aliphatic heterocycles. The molecule has 0 spiro atoms. The Morgan fingerprint density at radius 1 is 0.447 bits per heavy atom. The number of imide groups is 1. The monoisotopic (exact) mass is 515 g/mol. The van der Waals surface area contributed by atoms with Crippen molar-refractivity contribution in [2.75, 3.05) is 0 Å². The van der Waals surface area contributed by atoms with E-state index in [9.17, 15) is 24.4 Å². The van der Waals surface area contributed by atoms with Crippen molar-refractivity contribution in [1.29, 1.82) is 0 Å². The van der Waals surface area contributed by atoms with Crippen molar-refractivity contribution >= 4 is 23.6 Å². The SMILES string of the molecule is O=C(NO)c1ccccc1.O=C(NO)c1ccccc1.O=C(c1ccccc1)N(O)C(=O)c1ccccc1. The van der Waals surface area contributed by atoms with Gasteiger partial charge in [0.25, 0.3) is 23.6 Å². The maximum Gasteiger partial charge on any atom is 0.284 e. The summed E-state index contributed by atoms with van der Waals surface area (Å²) < 4.78 is 0. The molecule has 4 aromatic rings. The van der Waals surface area contributed by atoms with Crippen LogP contribution in [0.3, 0.4) is 0 Å². The number of hydrogen-bond acceptors (Lipinski definition) is 7. The van der Waals surface area contributed by atoms with E-state index >= 15 is 0 Å². The van der Waals surface area contributed by atoms with E-state index in [1.807, 2.05) is 0 Å². The Labute approximate surface area is 218 Å². The molecule has 10 heteroatoms. The lowest BCUT2D eigenvalue weighted by molar-refractivity contribution is -0.0371. The van der Waals surface area contributed by atoms with Crippen LogP contribution in [0.15, 0.2) is 121 Å².